The topological polar surface area (TPSA) is 80.0 Å². The maximum atomic E-state index is 11.4. The highest BCUT2D eigenvalue weighted by molar-refractivity contribution is 6.63. The Balaban J connectivity index is 1.73. The summed E-state index contributed by atoms with van der Waals surface area (Å²) in [5.74, 6) is 8.45. The van der Waals surface area contributed by atoms with Crippen LogP contribution in [0.2, 0.25) is 0 Å². The van der Waals surface area contributed by atoms with Crippen molar-refractivity contribution in [1.82, 2.24) is 0 Å². The van der Waals surface area contributed by atoms with Crippen molar-refractivity contribution in [3.05, 3.63) is 53.5 Å². The predicted molar refractivity (Wildman–Crippen MR) is 98.6 cm³/mol. The minimum absolute atomic E-state index is 0.122. The average molecular weight is 352 g/mol. The first-order valence-electron chi connectivity index (χ1n) is 8.05. The molecule has 0 bridgehead atoms. The van der Waals surface area contributed by atoms with Crippen molar-refractivity contribution >= 4 is 24.3 Å². The molecular formula is C19H19BNO5. The van der Waals surface area contributed by atoms with Crippen molar-refractivity contribution in [1.29, 1.82) is 0 Å². The van der Waals surface area contributed by atoms with E-state index in [0.717, 1.165) is 22.2 Å². The minimum atomic E-state index is -0.479. The molecule has 1 aliphatic heterocycles. The smallest absolute Gasteiger partial charge is 0.328 e. The first-order valence-corrected chi connectivity index (χ1v) is 8.05. The Morgan fingerprint density at radius 1 is 1.04 bits per heavy atom. The molecule has 1 radical (unpaired) electrons. The third-order valence-corrected chi connectivity index (χ3v) is 4.12. The van der Waals surface area contributed by atoms with Gasteiger partial charge in [-0.25, -0.2) is 0 Å². The van der Waals surface area contributed by atoms with Crippen LogP contribution < -0.4 is 25.6 Å². The Hall–Kier alpha value is -2.93. The van der Waals surface area contributed by atoms with Gasteiger partial charge in [-0.05, 0) is 41.0 Å². The summed E-state index contributed by atoms with van der Waals surface area (Å²) in [6.45, 7) is 0.361. The van der Waals surface area contributed by atoms with Gasteiger partial charge < -0.3 is 19.0 Å². The Bertz CT molecular complexity index is 828. The number of rotatable bonds is 7. The lowest BCUT2D eigenvalue weighted by Crippen LogP contribution is -2.13. The molecule has 0 amide bonds. The van der Waals surface area contributed by atoms with Gasteiger partial charge in [0.25, 0.3) is 0 Å². The van der Waals surface area contributed by atoms with Crippen molar-refractivity contribution in [3.63, 3.8) is 0 Å². The number of hydrogen-bond acceptors (Lipinski definition) is 6. The lowest BCUT2D eigenvalue weighted by Gasteiger charge is -2.12. The van der Waals surface area contributed by atoms with E-state index in [1.807, 2.05) is 49.7 Å². The summed E-state index contributed by atoms with van der Waals surface area (Å²) in [5.41, 5.74) is 3.75. The van der Waals surface area contributed by atoms with Gasteiger partial charge in [0.2, 0.25) is 0 Å². The quantitative estimate of drug-likeness (QED) is 0.604. The van der Waals surface area contributed by atoms with Gasteiger partial charge in [0.15, 0.2) is 7.28 Å². The molecule has 0 fully saturated rings. The van der Waals surface area contributed by atoms with E-state index < -0.39 is 5.97 Å². The third kappa shape index (κ3) is 4.00. The molecule has 0 spiro atoms. The molecule has 0 atom stereocenters. The van der Waals surface area contributed by atoms with E-state index in [1.54, 1.807) is 14.2 Å². The van der Waals surface area contributed by atoms with Crippen LogP contribution in [0, 0.1) is 0 Å². The molecule has 26 heavy (non-hydrogen) atoms. The van der Waals surface area contributed by atoms with Gasteiger partial charge in [-0.1, -0.05) is 11.5 Å². The highest BCUT2D eigenvalue weighted by Gasteiger charge is 2.18. The van der Waals surface area contributed by atoms with Crippen LogP contribution in [0.1, 0.15) is 17.5 Å². The summed E-state index contributed by atoms with van der Waals surface area (Å²) in [6.07, 6.45) is 0.122. The van der Waals surface area contributed by atoms with Crippen molar-refractivity contribution in [3.8, 4) is 17.2 Å². The van der Waals surface area contributed by atoms with Crippen molar-refractivity contribution < 1.29 is 23.8 Å². The molecule has 6 nitrogen and oxygen atoms in total. The van der Waals surface area contributed by atoms with Crippen LogP contribution in [0.4, 0.5) is 0 Å². The van der Waals surface area contributed by atoms with Crippen molar-refractivity contribution in [2.45, 2.75) is 13.0 Å². The van der Waals surface area contributed by atoms with Crippen LogP contribution in [0.15, 0.2) is 42.4 Å². The zero-order chi connectivity index (χ0) is 18.5. The summed E-state index contributed by atoms with van der Waals surface area (Å²) in [4.78, 5) is 15.7. The fourth-order valence-corrected chi connectivity index (χ4v) is 2.80. The van der Waals surface area contributed by atoms with E-state index in [2.05, 4.69) is 4.84 Å². The maximum Gasteiger partial charge on any atom is 0.328 e. The van der Waals surface area contributed by atoms with Crippen molar-refractivity contribution in [2.75, 3.05) is 14.2 Å². The van der Waals surface area contributed by atoms with Gasteiger partial charge >= 0.3 is 5.97 Å². The fourth-order valence-electron chi connectivity index (χ4n) is 2.80. The highest BCUT2D eigenvalue weighted by atomic mass is 16.7. The molecule has 0 saturated heterocycles. The number of ether oxygens (including phenoxy) is 3. The number of hydrogen-bond donors (Lipinski definition) is 1. The van der Waals surface area contributed by atoms with E-state index in [4.69, 9.17) is 20.1 Å². The third-order valence-electron chi connectivity index (χ3n) is 4.12. The Kier molecular flexibility index (Phi) is 5.48. The summed E-state index contributed by atoms with van der Waals surface area (Å²) < 4.78 is 16.4. The molecule has 0 saturated carbocycles. The van der Waals surface area contributed by atoms with E-state index in [1.165, 1.54) is 0 Å². The Morgan fingerprint density at radius 3 is 2.42 bits per heavy atom. The molecule has 2 aromatic rings. The number of fused-ring (bicyclic) bond motifs is 1. The molecule has 2 aromatic carbocycles. The van der Waals surface area contributed by atoms with Crippen LogP contribution >= 0.6 is 0 Å². The van der Waals surface area contributed by atoms with Gasteiger partial charge in [0.1, 0.15) is 23.9 Å². The molecule has 1 aliphatic rings. The zero-order valence-electron chi connectivity index (χ0n) is 14.7. The Labute approximate surface area is 152 Å². The average Bonchev–Trinajstić information content (AvgIpc) is 3.07. The van der Waals surface area contributed by atoms with Gasteiger partial charge in [-0.3, -0.25) is 4.79 Å². The second kappa shape index (κ2) is 7.97. The largest absolute Gasteiger partial charge is 0.497 e. The van der Waals surface area contributed by atoms with Gasteiger partial charge in [0.05, 0.1) is 20.6 Å². The van der Waals surface area contributed by atoms with E-state index in [0.29, 0.717) is 23.9 Å². The SMILES string of the molecule is COc1cc(COc2ccc3c(c2)C(CC(=O)ON)=C[B]3)cc(OC)c1. The number of carbonyl (C=O) groups excluding carboxylic acids is 1. The number of methoxy groups -OCH3 is 2. The number of carbonyl (C=O) groups is 1. The summed E-state index contributed by atoms with van der Waals surface area (Å²) in [5, 5.41) is 0. The van der Waals surface area contributed by atoms with Crippen LogP contribution in [0.3, 0.4) is 0 Å². The molecular weight excluding hydrogens is 333 g/mol. The number of nitrogens with two attached hydrogens (primary N) is 1. The van der Waals surface area contributed by atoms with Gasteiger partial charge in [-0.2, -0.15) is 5.90 Å². The van der Waals surface area contributed by atoms with E-state index in [-0.39, 0.29) is 6.42 Å². The fraction of sp³-hybridized carbons (Fsp3) is 0.211. The zero-order valence-corrected chi connectivity index (χ0v) is 14.7. The van der Waals surface area contributed by atoms with Crippen LogP contribution in [0.25, 0.3) is 5.57 Å². The first-order chi connectivity index (χ1) is 12.6. The van der Waals surface area contributed by atoms with Crippen LogP contribution in [0.5, 0.6) is 17.2 Å². The van der Waals surface area contributed by atoms with Crippen LogP contribution in [-0.4, -0.2) is 27.5 Å². The highest BCUT2D eigenvalue weighted by Crippen LogP contribution is 2.27. The molecule has 0 aliphatic carbocycles. The van der Waals surface area contributed by atoms with E-state index in [9.17, 15) is 4.79 Å². The van der Waals surface area contributed by atoms with Crippen molar-refractivity contribution in [2.24, 2.45) is 5.90 Å². The molecule has 1 heterocycles. The standard InChI is InChI=1S/C19H19BNO5/c1-23-15-5-12(6-16(8-15)24-2)11-25-14-3-4-18-17(9-14)13(10-20-18)7-19(22)26-21/h3-6,8-10H,7,11,21H2,1-2H3. The van der Waals surface area contributed by atoms with E-state index >= 15 is 0 Å². The van der Waals surface area contributed by atoms with Crippen LogP contribution in [-0.2, 0) is 16.2 Å². The summed E-state index contributed by atoms with van der Waals surface area (Å²) in [6, 6.07) is 11.4. The molecule has 0 aromatic heterocycles. The molecule has 7 heteroatoms. The van der Waals surface area contributed by atoms with Gasteiger partial charge in [0, 0.05) is 6.07 Å². The molecule has 0 unspecified atom stereocenters. The number of benzene rings is 2. The monoisotopic (exact) mass is 352 g/mol. The maximum absolute atomic E-state index is 11.4. The lowest BCUT2D eigenvalue weighted by atomic mass is 9.73. The molecule has 133 valence electrons. The second-order valence-electron chi connectivity index (χ2n) is 5.78. The Morgan fingerprint density at radius 2 is 1.77 bits per heavy atom. The van der Waals surface area contributed by atoms with Gasteiger partial charge in [-0.15, -0.1) is 5.98 Å². The lowest BCUT2D eigenvalue weighted by molar-refractivity contribution is -0.142. The summed E-state index contributed by atoms with van der Waals surface area (Å²) in [7, 11) is 5.17. The molecule has 3 rings (SSSR count). The second-order valence-corrected chi connectivity index (χ2v) is 5.78. The predicted octanol–water partition coefficient (Wildman–Crippen LogP) is 1.77. The normalized spacial score (nSPS) is 11.9. The minimum Gasteiger partial charge on any atom is -0.497 e. The first kappa shape index (κ1) is 17.9. The molecule has 2 N–H and O–H groups in total. The summed E-state index contributed by atoms with van der Waals surface area (Å²) >= 11 is 0.